The van der Waals surface area contributed by atoms with E-state index in [4.69, 9.17) is 19.1 Å². The highest BCUT2D eigenvalue weighted by atomic mass is 32.2. The van der Waals surface area contributed by atoms with Crippen LogP contribution in [-0.4, -0.2) is 57.2 Å². The summed E-state index contributed by atoms with van der Waals surface area (Å²) in [6.07, 6.45) is 3.77. The van der Waals surface area contributed by atoms with E-state index in [2.05, 4.69) is 80.9 Å². The summed E-state index contributed by atoms with van der Waals surface area (Å²) in [5.41, 5.74) is 0. The molecule has 0 aromatic rings. The molecule has 0 aliphatic heterocycles. The van der Waals surface area contributed by atoms with Crippen LogP contribution in [0.15, 0.2) is 25.3 Å². The molecule has 0 saturated heterocycles. The Morgan fingerprint density at radius 2 is 0.941 bits per heavy atom. The zero-order valence-electron chi connectivity index (χ0n) is 23.0. The van der Waals surface area contributed by atoms with Crippen LogP contribution in [0.4, 0.5) is 0 Å². The number of allylic oxidation sites excluding steroid dienone is 2. The lowest BCUT2D eigenvalue weighted by atomic mass is 10.2. The topological polar surface area (TPSA) is 139 Å². The van der Waals surface area contributed by atoms with Gasteiger partial charge in [-0.3, -0.25) is 0 Å². The fourth-order valence-electron chi connectivity index (χ4n) is 2.00. The molecular weight excluding hydrogens is 509 g/mol. The van der Waals surface area contributed by atoms with E-state index in [0.29, 0.717) is 12.8 Å². The minimum absolute atomic E-state index is 0.0596. The van der Waals surface area contributed by atoms with Crippen molar-refractivity contribution in [2.24, 2.45) is 10.3 Å². The van der Waals surface area contributed by atoms with E-state index >= 15 is 0 Å². The molecule has 0 amide bonds. The van der Waals surface area contributed by atoms with Gasteiger partial charge >= 0.3 is 0 Å². The Bertz CT molecular complexity index is 787. The SMILES string of the molecule is C=CC[C@@H](CO[Si](C)(C)C(C)(C)C)S(N)(=O)=O.C=CC[C@H](CO[Si](C)(C)C(C)(C)C)S(N)(=O)=O. The van der Waals surface area contributed by atoms with Crippen LogP contribution in [0.1, 0.15) is 54.4 Å². The van der Waals surface area contributed by atoms with Gasteiger partial charge in [-0.15, -0.1) is 13.2 Å². The van der Waals surface area contributed by atoms with E-state index in [1.807, 2.05) is 0 Å². The summed E-state index contributed by atoms with van der Waals surface area (Å²) in [6, 6.07) is 0. The minimum Gasteiger partial charge on any atom is -0.415 e. The van der Waals surface area contributed by atoms with Gasteiger partial charge < -0.3 is 8.85 Å². The Hall–Kier alpha value is -0.346. The molecule has 0 unspecified atom stereocenters. The summed E-state index contributed by atoms with van der Waals surface area (Å²) in [5.74, 6) is 0. The van der Waals surface area contributed by atoms with Crippen LogP contribution in [0.2, 0.25) is 36.3 Å². The van der Waals surface area contributed by atoms with Crippen molar-refractivity contribution >= 4 is 36.7 Å². The molecular formula is C22H50N2O6S2Si2. The van der Waals surface area contributed by atoms with E-state index in [1.165, 1.54) is 0 Å². The first kappa shape index (κ1) is 35.8. The summed E-state index contributed by atoms with van der Waals surface area (Å²) in [4.78, 5) is 0. The maximum absolute atomic E-state index is 11.4. The molecule has 0 aliphatic rings. The molecule has 0 fully saturated rings. The van der Waals surface area contributed by atoms with Gasteiger partial charge in [0.15, 0.2) is 16.6 Å². The van der Waals surface area contributed by atoms with Crippen molar-refractivity contribution in [3.05, 3.63) is 25.3 Å². The average Bonchev–Trinajstić information content (AvgIpc) is 2.58. The molecule has 12 heteroatoms. The molecule has 0 saturated carbocycles. The highest BCUT2D eigenvalue weighted by Gasteiger charge is 2.39. The molecule has 0 aromatic heterocycles. The molecule has 0 radical (unpaired) electrons. The zero-order chi connectivity index (χ0) is 27.8. The van der Waals surface area contributed by atoms with Crippen LogP contribution in [0, 0.1) is 0 Å². The first-order valence-corrected chi connectivity index (χ1v) is 20.4. The monoisotopic (exact) mass is 558 g/mol. The van der Waals surface area contributed by atoms with E-state index in [-0.39, 0.29) is 23.3 Å². The molecule has 0 rings (SSSR count). The number of sulfonamides is 2. The highest BCUT2D eigenvalue weighted by Crippen LogP contribution is 2.37. The van der Waals surface area contributed by atoms with Crippen molar-refractivity contribution in [1.29, 1.82) is 0 Å². The maximum atomic E-state index is 11.4. The lowest BCUT2D eigenvalue weighted by Gasteiger charge is -2.37. The van der Waals surface area contributed by atoms with Crippen LogP contribution >= 0.6 is 0 Å². The summed E-state index contributed by atoms with van der Waals surface area (Å²) in [7, 11) is -11.0. The Morgan fingerprint density at radius 1 is 0.706 bits per heavy atom. The average molecular weight is 559 g/mol. The maximum Gasteiger partial charge on any atom is 0.214 e. The van der Waals surface area contributed by atoms with Crippen LogP contribution in [0.3, 0.4) is 0 Å². The van der Waals surface area contributed by atoms with Crippen LogP contribution in [0.25, 0.3) is 0 Å². The van der Waals surface area contributed by atoms with Gasteiger partial charge in [0.1, 0.15) is 10.5 Å². The van der Waals surface area contributed by atoms with Crippen molar-refractivity contribution in [1.82, 2.24) is 0 Å². The number of nitrogens with two attached hydrogens (primary N) is 2. The molecule has 2 atom stereocenters. The second kappa shape index (κ2) is 13.3. The third-order valence-corrected chi connectivity index (χ3v) is 18.2. The number of hydrogen-bond donors (Lipinski definition) is 2. The number of rotatable bonds is 12. The standard InChI is InChI=1S/2C11H25NO3SSi/c2*1-7-8-10(16(12,13)14)9-15-17(5,6)11(2,3)4/h2*7,10H,1,8-9H2,2-6H3,(H2,12,13,14)/t2*10-/m10/s1. The fraction of sp³-hybridized carbons (Fsp3) is 0.818. The summed E-state index contributed by atoms with van der Waals surface area (Å²) < 4.78 is 57.1. The van der Waals surface area contributed by atoms with E-state index in [0.717, 1.165) is 0 Å². The third-order valence-electron chi connectivity index (χ3n) is 6.66. The van der Waals surface area contributed by atoms with Crippen molar-refractivity contribution in [3.63, 3.8) is 0 Å². The number of primary sulfonamides is 2. The van der Waals surface area contributed by atoms with Crippen molar-refractivity contribution in [2.75, 3.05) is 13.2 Å². The fourth-order valence-corrected chi connectivity index (χ4v) is 5.67. The predicted molar refractivity (Wildman–Crippen MR) is 150 cm³/mol. The van der Waals surface area contributed by atoms with Crippen LogP contribution in [0.5, 0.6) is 0 Å². The van der Waals surface area contributed by atoms with Gasteiger partial charge in [-0.1, -0.05) is 53.7 Å². The molecule has 0 bridgehead atoms. The van der Waals surface area contributed by atoms with Crippen molar-refractivity contribution < 1.29 is 25.7 Å². The minimum atomic E-state index is -3.57. The predicted octanol–water partition coefficient (Wildman–Crippen LogP) is 4.48. The highest BCUT2D eigenvalue weighted by molar-refractivity contribution is 7.90. The Kier molecular flexibility index (Phi) is 14.0. The molecule has 4 N–H and O–H groups in total. The largest absolute Gasteiger partial charge is 0.415 e. The molecule has 0 aliphatic carbocycles. The Labute approximate surface area is 211 Å². The third kappa shape index (κ3) is 13.1. The van der Waals surface area contributed by atoms with Crippen LogP contribution < -0.4 is 10.3 Å². The molecule has 34 heavy (non-hydrogen) atoms. The zero-order valence-corrected chi connectivity index (χ0v) is 26.6. The quantitative estimate of drug-likeness (QED) is 0.267. The van der Waals surface area contributed by atoms with E-state index in [1.54, 1.807) is 12.2 Å². The van der Waals surface area contributed by atoms with Gasteiger partial charge in [-0.25, -0.2) is 27.1 Å². The summed E-state index contributed by atoms with van der Waals surface area (Å²) >= 11 is 0. The Morgan fingerprint density at radius 3 is 1.09 bits per heavy atom. The summed E-state index contributed by atoms with van der Waals surface area (Å²) in [6.45, 7) is 28.4. The first-order chi connectivity index (χ1) is 14.8. The normalized spacial score (nSPS) is 15.6. The van der Waals surface area contributed by atoms with Gasteiger partial charge in [0.25, 0.3) is 0 Å². The van der Waals surface area contributed by atoms with Gasteiger partial charge in [-0.2, -0.15) is 0 Å². The second-order valence-corrected chi connectivity index (χ2v) is 24.9. The van der Waals surface area contributed by atoms with Crippen LogP contribution in [-0.2, 0) is 28.9 Å². The Balaban J connectivity index is 0. The number of hydrogen-bond acceptors (Lipinski definition) is 6. The van der Waals surface area contributed by atoms with Crippen molar-refractivity contribution in [3.8, 4) is 0 Å². The van der Waals surface area contributed by atoms with Gasteiger partial charge in [-0.05, 0) is 49.1 Å². The molecule has 8 nitrogen and oxygen atoms in total. The lowest BCUT2D eigenvalue weighted by molar-refractivity contribution is 0.284. The molecule has 0 heterocycles. The summed E-state index contributed by atoms with van der Waals surface area (Å²) in [5, 5.41) is 9.08. The second-order valence-electron chi connectivity index (χ2n) is 11.6. The molecule has 0 spiro atoms. The lowest BCUT2D eigenvalue weighted by Crippen LogP contribution is -2.44. The van der Waals surface area contributed by atoms with Gasteiger partial charge in [0.2, 0.25) is 20.0 Å². The molecule has 0 aromatic carbocycles. The van der Waals surface area contributed by atoms with E-state index < -0.39 is 47.2 Å². The van der Waals surface area contributed by atoms with Gasteiger partial charge in [0.05, 0.1) is 13.2 Å². The molecule has 204 valence electrons. The van der Waals surface area contributed by atoms with Crippen molar-refractivity contribution in [2.45, 2.75) is 101 Å². The van der Waals surface area contributed by atoms with Gasteiger partial charge in [0, 0.05) is 0 Å². The first-order valence-electron chi connectivity index (χ1n) is 11.4. The van der Waals surface area contributed by atoms with E-state index in [9.17, 15) is 16.8 Å². The smallest absolute Gasteiger partial charge is 0.214 e.